The minimum Gasteiger partial charge on any atom is -0.394 e. The lowest BCUT2D eigenvalue weighted by Gasteiger charge is -2.19. The molecule has 0 aliphatic rings. The third-order valence-corrected chi connectivity index (χ3v) is 5.19. The first-order chi connectivity index (χ1) is 13.6. The van der Waals surface area contributed by atoms with Crippen LogP contribution in [-0.4, -0.2) is 42.4 Å². The molecule has 7 nitrogen and oxygen atoms in total. The van der Waals surface area contributed by atoms with Gasteiger partial charge in [-0.05, 0) is 18.4 Å². The first kappa shape index (κ1) is 23.3. The molecule has 0 spiro atoms. The zero-order chi connectivity index (χ0) is 21.6. The number of hydrogen-bond acceptors (Lipinski definition) is 7. The molecular weight excluding hydrogens is 422 g/mol. The Kier molecular flexibility index (Phi) is 8.17. The zero-order valence-electron chi connectivity index (χ0n) is 16.3. The summed E-state index contributed by atoms with van der Waals surface area (Å²) in [7, 11) is -3.58. The minimum absolute atomic E-state index is 0.0356. The van der Waals surface area contributed by atoms with Crippen molar-refractivity contribution in [3.63, 3.8) is 0 Å². The molecule has 29 heavy (non-hydrogen) atoms. The van der Waals surface area contributed by atoms with Gasteiger partial charge in [-0.2, -0.15) is 0 Å². The van der Waals surface area contributed by atoms with Gasteiger partial charge in [0.15, 0.2) is 16.8 Å². The molecule has 0 fully saturated rings. The average Bonchev–Trinajstić information content (AvgIpc) is 2.60. The number of sulfonamides is 1. The third kappa shape index (κ3) is 7.75. The van der Waals surface area contributed by atoms with Crippen LogP contribution >= 0.6 is 11.8 Å². The molecule has 0 unspecified atom stereocenters. The van der Waals surface area contributed by atoms with Gasteiger partial charge in [0.1, 0.15) is 11.6 Å². The maximum atomic E-state index is 13.9. The number of hydrogen-bond donors (Lipinski definition) is 3. The number of nitrogens with one attached hydrogen (secondary N) is 2. The van der Waals surface area contributed by atoms with E-state index < -0.39 is 21.7 Å². The summed E-state index contributed by atoms with van der Waals surface area (Å²) in [6, 6.07) is 5.02. The Morgan fingerprint density at radius 1 is 1.21 bits per heavy atom. The second-order valence-corrected chi connectivity index (χ2v) is 9.64. The van der Waals surface area contributed by atoms with Gasteiger partial charge < -0.3 is 10.4 Å². The summed E-state index contributed by atoms with van der Waals surface area (Å²) >= 11 is 1.03. The SMILES string of the molecule is CC(C)C[C@@H](CO)Nc1cc(NS(C)(=O)=O)nc(SCc2cccc(F)c2F)n1. The van der Waals surface area contributed by atoms with E-state index >= 15 is 0 Å². The molecule has 0 saturated heterocycles. The molecule has 0 aliphatic heterocycles. The van der Waals surface area contributed by atoms with Gasteiger partial charge >= 0.3 is 0 Å². The van der Waals surface area contributed by atoms with E-state index in [0.717, 1.165) is 24.1 Å². The maximum Gasteiger partial charge on any atom is 0.230 e. The van der Waals surface area contributed by atoms with E-state index in [4.69, 9.17) is 0 Å². The van der Waals surface area contributed by atoms with Crippen LogP contribution in [-0.2, 0) is 15.8 Å². The second kappa shape index (κ2) is 10.2. The molecule has 1 aromatic carbocycles. The fourth-order valence-corrected chi connectivity index (χ4v) is 3.88. The van der Waals surface area contributed by atoms with Gasteiger partial charge in [0, 0.05) is 17.4 Å². The van der Waals surface area contributed by atoms with Crippen molar-refractivity contribution in [2.75, 3.05) is 22.9 Å². The Morgan fingerprint density at radius 3 is 2.52 bits per heavy atom. The minimum atomic E-state index is -3.58. The van der Waals surface area contributed by atoms with Crippen molar-refractivity contribution in [3.8, 4) is 0 Å². The fraction of sp³-hybridized carbons (Fsp3) is 0.444. The van der Waals surface area contributed by atoms with E-state index in [1.165, 1.54) is 18.2 Å². The van der Waals surface area contributed by atoms with Crippen LogP contribution in [0.25, 0.3) is 0 Å². The van der Waals surface area contributed by atoms with Crippen molar-refractivity contribution in [1.29, 1.82) is 0 Å². The van der Waals surface area contributed by atoms with Gasteiger partial charge in [-0.3, -0.25) is 4.72 Å². The molecule has 3 N–H and O–H groups in total. The summed E-state index contributed by atoms with van der Waals surface area (Å²) < 4.78 is 52.7. The van der Waals surface area contributed by atoms with Crippen molar-refractivity contribution in [3.05, 3.63) is 41.5 Å². The molecule has 11 heteroatoms. The molecule has 0 saturated carbocycles. The number of anilines is 2. The summed E-state index contributed by atoms with van der Waals surface area (Å²) in [5, 5.41) is 12.8. The Bertz CT molecular complexity index is 943. The molecule has 1 heterocycles. The van der Waals surface area contributed by atoms with E-state index in [1.54, 1.807) is 0 Å². The van der Waals surface area contributed by atoms with E-state index in [1.807, 2.05) is 13.8 Å². The van der Waals surface area contributed by atoms with Crippen LogP contribution in [0.2, 0.25) is 0 Å². The quantitative estimate of drug-likeness (QED) is 0.380. The van der Waals surface area contributed by atoms with Crippen LogP contribution in [0.4, 0.5) is 20.4 Å². The van der Waals surface area contributed by atoms with Gasteiger partial charge in [0.25, 0.3) is 0 Å². The highest BCUT2D eigenvalue weighted by Crippen LogP contribution is 2.26. The van der Waals surface area contributed by atoms with Crippen LogP contribution in [0.3, 0.4) is 0 Å². The molecule has 160 valence electrons. The topological polar surface area (TPSA) is 104 Å². The number of benzene rings is 1. The fourth-order valence-electron chi connectivity index (χ4n) is 2.57. The molecule has 2 rings (SSSR count). The first-order valence-electron chi connectivity index (χ1n) is 8.87. The molecule has 1 aromatic heterocycles. The molecule has 0 amide bonds. The van der Waals surface area contributed by atoms with E-state index in [9.17, 15) is 22.3 Å². The van der Waals surface area contributed by atoms with Gasteiger partial charge in [-0.25, -0.2) is 27.2 Å². The summed E-state index contributed by atoms with van der Waals surface area (Å²) in [6.45, 7) is 3.89. The predicted octanol–water partition coefficient (Wildman–Crippen LogP) is 3.24. The normalized spacial score (nSPS) is 12.8. The van der Waals surface area contributed by atoms with E-state index in [2.05, 4.69) is 20.0 Å². The molecule has 0 aliphatic carbocycles. The van der Waals surface area contributed by atoms with Gasteiger partial charge in [-0.1, -0.05) is 37.7 Å². The maximum absolute atomic E-state index is 13.9. The monoisotopic (exact) mass is 446 g/mol. The molecule has 1 atom stereocenters. The highest BCUT2D eigenvalue weighted by atomic mass is 32.2. The van der Waals surface area contributed by atoms with Crippen molar-refractivity contribution in [2.24, 2.45) is 5.92 Å². The number of thioether (sulfide) groups is 1. The summed E-state index contributed by atoms with van der Waals surface area (Å²) in [6.07, 6.45) is 1.67. The lowest BCUT2D eigenvalue weighted by Crippen LogP contribution is -2.26. The molecule has 2 aromatic rings. The molecular formula is C18H24F2N4O3S2. The van der Waals surface area contributed by atoms with Crippen LogP contribution in [0, 0.1) is 17.6 Å². The van der Waals surface area contributed by atoms with Crippen LogP contribution in [0.5, 0.6) is 0 Å². The predicted molar refractivity (Wildman–Crippen MR) is 110 cm³/mol. The second-order valence-electron chi connectivity index (χ2n) is 6.95. The summed E-state index contributed by atoms with van der Waals surface area (Å²) in [5.74, 6) is -1.17. The van der Waals surface area contributed by atoms with Crippen LogP contribution in [0.1, 0.15) is 25.8 Å². The van der Waals surface area contributed by atoms with Crippen molar-refractivity contribution < 1.29 is 22.3 Å². The van der Waals surface area contributed by atoms with Gasteiger partial charge in [-0.15, -0.1) is 0 Å². The van der Waals surface area contributed by atoms with Crippen molar-refractivity contribution in [2.45, 2.75) is 37.2 Å². The Labute approximate surface area is 173 Å². The largest absolute Gasteiger partial charge is 0.394 e. The average molecular weight is 447 g/mol. The number of rotatable bonds is 10. The third-order valence-electron chi connectivity index (χ3n) is 3.71. The Balaban J connectivity index is 2.27. The number of aliphatic hydroxyl groups is 1. The number of halogens is 2. The molecule has 0 bridgehead atoms. The Hall–Kier alpha value is -1.98. The zero-order valence-corrected chi connectivity index (χ0v) is 17.9. The smallest absolute Gasteiger partial charge is 0.230 e. The van der Waals surface area contributed by atoms with Crippen LogP contribution in [0.15, 0.2) is 29.4 Å². The van der Waals surface area contributed by atoms with Crippen molar-refractivity contribution >= 4 is 33.4 Å². The highest BCUT2D eigenvalue weighted by Gasteiger charge is 2.15. The van der Waals surface area contributed by atoms with E-state index in [-0.39, 0.29) is 34.9 Å². The van der Waals surface area contributed by atoms with Crippen molar-refractivity contribution in [1.82, 2.24) is 9.97 Å². The first-order valence-corrected chi connectivity index (χ1v) is 11.7. The lowest BCUT2D eigenvalue weighted by molar-refractivity contribution is 0.259. The lowest BCUT2D eigenvalue weighted by atomic mass is 10.0. The standard InChI is InChI=1S/C18H24F2N4O3S2/c1-11(2)7-13(9-25)21-15-8-16(24-29(3,26)27)23-18(22-15)28-10-12-5-4-6-14(19)17(12)20/h4-6,8,11,13,25H,7,9-10H2,1-3H3,(H2,21,22,23,24)/t13-/m0/s1. The number of aromatic nitrogens is 2. The van der Waals surface area contributed by atoms with Crippen LogP contribution < -0.4 is 10.0 Å². The summed E-state index contributed by atoms with van der Waals surface area (Å²) in [5.41, 5.74) is 0.141. The van der Waals surface area contributed by atoms with E-state index in [0.29, 0.717) is 18.2 Å². The molecule has 0 radical (unpaired) electrons. The van der Waals surface area contributed by atoms with Gasteiger partial charge in [0.05, 0.1) is 18.9 Å². The number of nitrogens with zero attached hydrogens (tertiary/aromatic N) is 2. The highest BCUT2D eigenvalue weighted by molar-refractivity contribution is 7.98. The Morgan fingerprint density at radius 2 is 1.90 bits per heavy atom. The van der Waals surface area contributed by atoms with Gasteiger partial charge in [0.2, 0.25) is 10.0 Å². The number of aliphatic hydroxyl groups excluding tert-OH is 1. The summed E-state index contributed by atoms with van der Waals surface area (Å²) in [4.78, 5) is 8.43.